The molecule has 0 N–H and O–H groups in total. The number of rotatable bonds is 0. The first-order valence-corrected chi connectivity index (χ1v) is 5.15. The van der Waals surface area contributed by atoms with Crippen LogP contribution in [0.15, 0.2) is 28.1 Å². The number of fused-ring (bicyclic) bond motifs is 1. The fraction of sp³-hybridized carbons (Fsp3) is 0. The largest absolute Gasteiger partial charge is 0.143 e. The first-order chi connectivity index (χ1) is 5.29. The second kappa shape index (κ2) is 2.77. The summed E-state index contributed by atoms with van der Waals surface area (Å²) >= 11 is 11.0. The van der Waals surface area contributed by atoms with Crippen LogP contribution in [0.5, 0.6) is 0 Å². The van der Waals surface area contributed by atoms with Crippen molar-refractivity contribution in [1.82, 2.24) is 0 Å². The maximum absolute atomic E-state index is 5.90. The van der Waals surface area contributed by atoms with Crippen LogP contribution in [-0.4, -0.2) is 0 Å². The third kappa shape index (κ3) is 1.19. The van der Waals surface area contributed by atoms with E-state index in [-0.39, 0.29) is 0 Å². The Morgan fingerprint density at radius 3 is 2.91 bits per heavy atom. The average Bonchev–Trinajstić information content (AvgIpc) is 2.45. The minimum atomic E-state index is 0.778. The molecule has 0 fully saturated rings. The predicted octanol–water partition coefficient (Wildman–Crippen LogP) is 4.32. The Hall–Kier alpha value is -0.0500. The summed E-state index contributed by atoms with van der Waals surface area (Å²) < 4.78 is 2.23. The molecular weight excluding hydrogens is 244 g/mol. The molecule has 0 saturated carbocycles. The van der Waals surface area contributed by atoms with Crippen LogP contribution >= 0.6 is 38.9 Å². The fourth-order valence-corrected chi connectivity index (χ4v) is 2.66. The molecule has 1 heterocycles. The molecule has 0 atom stereocenters. The van der Waals surface area contributed by atoms with Crippen LogP contribution in [-0.2, 0) is 0 Å². The minimum absolute atomic E-state index is 0.778. The minimum Gasteiger partial charge on any atom is -0.143 e. The lowest BCUT2D eigenvalue weighted by Crippen LogP contribution is -1.67. The first kappa shape index (κ1) is 7.59. The molecular formula is C8H4BrClS. The smallest absolute Gasteiger partial charge is 0.0562 e. The van der Waals surface area contributed by atoms with Crippen molar-refractivity contribution in [2.24, 2.45) is 0 Å². The molecule has 2 rings (SSSR count). The highest BCUT2D eigenvalue weighted by Gasteiger charge is 2.02. The molecule has 2 aromatic rings. The van der Waals surface area contributed by atoms with Gasteiger partial charge in [-0.3, -0.25) is 0 Å². The van der Waals surface area contributed by atoms with Crippen molar-refractivity contribution >= 4 is 49.0 Å². The molecule has 0 amide bonds. The SMILES string of the molecule is Clc1ccc2ccsc2c1Br. The molecule has 0 aliphatic rings. The van der Waals surface area contributed by atoms with Gasteiger partial charge < -0.3 is 0 Å². The zero-order valence-corrected chi connectivity index (χ0v) is 8.63. The van der Waals surface area contributed by atoms with Gasteiger partial charge in [-0.25, -0.2) is 0 Å². The Morgan fingerprint density at radius 1 is 1.27 bits per heavy atom. The van der Waals surface area contributed by atoms with E-state index in [1.807, 2.05) is 12.1 Å². The van der Waals surface area contributed by atoms with Gasteiger partial charge in [0.25, 0.3) is 0 Å². The predicted molar refractivity (Wildman–Crippen MR) is 54.5 cm³/mol. The van der Waals surface area contributed by atoms with Gasteiger partial charge in [-0.1, -0.05) is 17.7 Å². The van der Waals surface area contributed by atoms with E-state index >= 15 is 0 Å². The van der Waals surface area contributed by atoms with Gasteiger partial charge >= 0.3 is 0 Å². The Balaban J connectivity index is 2.93. The Bertz CT molecular complexity index is 394. The zero-order chi connectivity index (χ0) is 7.84. The number of hydrogen-bond donors (Lipinski definition) is 0. The highest BCUT2D eigenvalue weighted by molar-refractivity contribution is 9.10. The van der Waals surface area contributed by atoms with Gasteiger partial charge in [-0.05, 0) is 38.8 Å². The lowest BCUT2D eigenvalue weighted by molar-refractivity contribution is 1.79. The molecule has 0 nitrogen and oxygen atoms in total. The Labute approximate surface area is 81.9 Å². The second-order valence-electron chi connectivity index (χ2n) is 2.20. The molecule has 0 bridgehead atoms. The summed E-state index contributed by atoms with van der Waals surface area (Å²) in [5.41, 5.74) is 0. The summed E-state index contributed by atoms with van der Waals surface area (Å²) in [6.07, 6.45) is 0. The summed E-state index contributed by atoms with van der Waals surface area (Å²) in [6.45, 7) is 0. The van der Waals surface area contributed by atoms with Crippen molar-refractivity contribution in [2.75, 3.05) is 0 Å². The number of benzene rings is 1. The van der Waals surface area contributed by atoms with Gasteiger partial charge in [-0.2, -0.15) is 0 Å². The molecule has 1 aromatic heterocycles. The molecule has 0 aliphatic heterocycles. The van der Waals surface area contributed by atoms with E-state index in [1.165, 1.54) is 10.1 Å². The van der Waals surface area contributed by atoms with Crippen LogP contribution in [0.2, 0.25) is 5.02 Å². The topological polar surface area (TPSA) is 0 Å². The monoisotopic (exact) mass is 246 g/mol. The molecule has 0 aliphatic carbocycles. The summed E-state index contributed by atoms with van der Waals surface area (Å²) in [5.74, 6) is 0. The van der Waals surface area contributed by atoms with Crippen molar-refractivity contribution in [3.63, 3.8) is 0 Å². The Morgan fingerprint density at radius 2 is 2.09 bits per heavy atom. The standard InChI is InChI=1S/C8H4BrClS/c9-7-6(10)2-1-5-3-4-11-8(5)7/h1-4H. The van der Waals surface area contributed by atoms with Crippen LogP contribution in [0.4, 0.5) is 0 Å². The summed E-state index contributed by atoms with van der Waals surface area (Å²) in [5, 5.41) is 4.08. The molecule has 0 radical (unpaired) electrons. The average molecular weight is 248 g/mol. The molecule has 0 unspecified atom stereocenters. The van der Waals surface area contributed by atoms with Gasteiger partial charge in [0, 0.05) is 4.70 Å². The lowest BCUT2D eigenvalue weighted by Gasteiger charge is -1.95. The maximum atomic E-state index is 5.90. The van der Waals surface area contributed by atoms with E-state index in [9.17, 15) is 0 Å². The van der Waals surface area contributed by atoms with E-state index in [1.54, 1.807) is 11.3 Å². The maximum Gasteiger partial charge on any atom is 0.0562 e. The highest BCUT2D eigenvalue weighted by Crippen LogP contribution is 2.34. The summed E-state index contributed by atoms with van der Waals surface area (Å²) in [4.78, 5) is 0. The normalized spacial score (nSPS) is 10.7. The van der Waals surface area contributed by atoms with Crippen molar-refractivity contribution in [3.05, 3.63) is 33.1 Å². The van der Waals surface area contributed by atoms with Crippen molar-refractivity contribution in [1.29, 1.82) is 0 Å². The van der Waals surface area contributed by atoms with Crippen LogP contribution in [0.3, 0.4) is 0 Å². The number of hydrogen-bond acceptors (Lipinski definition) is 1. The molecule has 56 valence electrons. The lowest BCUT2D eigenvalue weighted by atomic mass is 10.3. The van der Waals surface area contributed by atoms with Gasteiger partial charge in [0.2, 0.25) is 0 Å². The van der Waals surface area contributed by atoms with E-state index < -0.39 is 0 Å². The van der Waals surface area contributed by atoms with Crippen LogP contribution in [0, 0.1) is 0 Å². The molecule has 3 heteroatoms. The van der Waals surface area contributed by atoms with Gasteiger partial charge in [-0.15, -0.1) is 11.3 Å². The van der Waals surface area contributed by atoms with Crippen molar-refractivity contribution < 1.29 is 0 Å². The van der Waals surface area contributed by atoms with E-state index in [0.29, 0.717) is 0 Å². The number of thiophene rings is 1. The van der Waals surface area contributed by atoms with E-state index in [0.717, 1.165) is 9.50 Å². The van der Waals surface area contributed by atoms with Crippen molar-refractivity contribution in [3.8, 4) is 0 Å². The van der Waals surface area contributed by atoms with Crippen LogP contribution in [0.1, 0.15) is 0 Å². The van der Waals surface area contributed by atoms with Gasteiger partial charge in [0.05, 0.1) is 9.50 Å². The van der Waals surface area contributed by atoms with E-state index in [2.05, 4.69) is 27.4 Å². The third-order valence-corrected chi connectivity index (χ3v) is 4.09. The molecule has 1 aromatic carbocycles. The van der Waals surface area contributed by atoms with Crippen molar-refractivity contribution in [2.45, 2.75) is 0 Å². The third-order valence-electron chi connectivity index (χ3n) is 1.51. The van der Waals surface area contributed by atoms with Crippen LogP contribution in [0.25, 0.3) is 10.1 Å². The Kier molecular flexibility index (Phi) is 1.91. The molecule has 11 heavy (non-hydrogen) atoms. The quantitative estimate of drug-likeness (QED) is 0.650. The summed E-state index contributed by atoms with van der Waals surface area (Å²) in [6, 6.07) is 6.01. The summed E-state index contributed by atoms with van der Waals surface area (Å²) in [7, 11) is 0. The molecule has 0 saturated heterocycles. The van der Waals surface area contributed by atoms with Gasteiger partial charge in [0.15, 0.2) is 0 Å². The highest BCUT2D eigenvalue weighted by atomic mass is 79.9. The fourth-order valence-electron chi connectivity index (χ4n) is 0.973. The molecule has 0 spiro atoms. The zero-order valence-electron chi connectivity index (χ0n) is 5.47. The second-order valence-corrected chi connectivity index (χ2v) is 4.32. The van der Waals surface area contributed by atoms with Crippen LogP contribution < -0.4 is 0 Å². The first-order valence-electron chi connectivity index (χ1n) is 3.10. The van der Waals surface area contributed by atoms with E-state index in [4.69, 9.17) is 11.6 Å². The number of halogens is 2. The van der Waals surface area contributed by atoms with Gasteiger partial charge in [0.1, 0.15) is 0 Å².